The van der Waals surface area contributed by atoms with Crippen LogP contribution in [0.2, 0.25) is 0 Å². The van der Waals surface area contributed by atoms with E-state index in [0.29, 0.717) is 46.6 Å². The molecule has 4 aromatic rings. The number of alkyl halides is 6. The van der Waals surface area contributed by atoms with Crippen LogP contribution < -0.4 is 37.4 Å². The standard InChI is InChI=1S/C47H38F6N8O4S.BrH/c1-66(20-4-18-58-26-36-38(42(58)62)40(30-14-10-28(24-54)11-15-30)56-44(64)60(36)34-8-2-6-32(22-34)46(48,49)50)21-5-19-59-27-37-39(43(59)63)41(31-16-12-29(25-55)13-17-31)57-45(65)61(37)35-9-3-7-33(23-35)47(51,52)53;/h2-3,6-17,22-23,40-41H,4-5,18-21,26-27H2,1H3,(H-,56,57,64,65);1H. The summed E-state index contributed by atoms with van der Waals surface area (Å²) in [5, 5.41) is 24.2. The van der Waals surface area contributed by atoms with Gasteiger partial charge in [-0.25, -0.2) is 9.59 Å². The van der Waals surface area contributed by atoms with Gasteiger partial charge in [-0.15, -0.1) is 0 Å². The molecule has 4 aromatic carbocycles. The Morgan fingerprint density at radius 2 is 0.985 bits per heavy atom. The van der Waals surface area contributed by atoms with Gasteiger partial charge in [0.05, 0.1) is 99.7 Å². The highest BCUT2D eigenvalue weighted by Crippen LogP contribution is 2.42. The van der Waals surface area contributed by atoms with E-state index in [1.165, 1.54) is 24.3 Å². The van der Waals surface area contributed by atoms with E-state index in [-0.39, 0.29) is 99.8 Å². The van der Waals surface area contributed by atoms with Gasteiger partial charge in [0.15, 0.2) is 0 Å². The van der Waals surface area contributed by atoms with Crippen molar-refractivity contribution in [3.05, 3.63) is 153 Å². The van der Waals surface area contributed by atoms with Crippen LogP contribution in [-0.2, 0) is 32.8 Å². The smallest absolute Gasteiger partial charge is 0.416 e. The minimum absolute atomic E-state index is 0. The van der Waals surface area contributed by atoms with Crippen molar-refractivity contribution in [1.82, 2.24) is 20.4 Å². The molecule has 0 fully saturated rings. The zero-order valence-corrected chi connectivity index (χ0v) is 37.8. The van der Waals surface area contributed by atoms with Crippen LogP contribution in [0.25, 0.3) is 0 Å². The summed E-state index contributed by atoms with van der Waals surface area (Å²) in [6.45, 7) is 0.487. The number of rotatable bonds is 12. The molecule has 0 spiro atoms. The maximum atomic E-state index is 14.2. The van der Waals surface area contributed by atoms with Crippen LogP contribution in [0.4, 0.5) is 47.3 Å². The summed E-state index contributed by atoms with van der Waals surface area (Å²) in [7, 11) is -0.220. The summed E-state index contributed by atoms with van der Waals surface area (Å²) in [6.07, 6.45) is -6.22. The average Bonchev–Trinajstić information content (AvgIpc) is 3.79. The molecule has 0 saturated heterocycles. The molecule has 4 heterocycles. The van der Waals surface area contributed by atoms with Crippen LogP contribution in [0, 0.1) is 22.7 Å². The Kier molecular flexibility index (Phi) is 13.8. The average molecular weight is 1010 g/mol. The largest absolute Gasteiger partial charge is 1.00 e. The molecule has 2 unspecified atom stereocenters. The molecule has 0 aliphatic carbocycles. The third-order valence-corrected chi connectivity index (χ3v) is 13.8. The SMILES string of the molecule is C[S+](CCCN1CC2=C(C1=O)C(c1ccc(C#N)cc1)NC(=O)N2c1cccc(C(F)(F)F)c1)CCCN1CC2=C(C1=O)C(c1ccc(C#N)cc1)NC(=O)N2c1cccc(C(F)(F)F)c1.[Br-]. The fraction of sp³-hybridized carbons (Fsp3) is 0.277. The number of anilines is 2. The van der Waals surface area contributed by atoms with Gasteiger partial charge in [-0.2, -0.15) is 36.9 Å². The third kappa shape index (κ3) is 9.73. The second kappa shape index (κ2) is 19.2. The quantitative estimate of drug-likeness (QED) is 0.152. The van der Waals surface area contributed by atoms with E-state index in [1.54, 1.807) is 58.3 Å². The monoisotopic (exact) mass is 1000 g/mol. The van der Waals surface area contributed by atoms with Gasteiger partial charge in [0.2, 0.25) is 0 Å². The zero-order chi connectivity index (χ0) is 47.1. The Hall–Kier alpha value is -6.77. The molecule has 8 rings (SSSR count). The van der Waals surface area contributed by atoms with E-state index in [2.05, 4.69) is 10.6 Å². The second-order valence-corrected chi connectivity index (χ2v) is 18.5. The van der Waals surface area contributed by atoms with Crippen molar-refractivity contribution in [1.29, 1.82) is 10.5 Å². The first-order valence-electron chi connectivity index (χ1n) is 20.7. The molecule has 0 saturated carbocycles. The van der Waals surface area contributed by atoms with Crippen molar-refractivity contribution >= 4 is 46.1 Å². The minimum Gasteiger partial charge on any atom is -1.00 e. The first-order chi connectivity index (χ1) is 31.5. The topological polar surface area (TPSA) is 153 Å². The summed E-state index contributed by atoms with van der Waals surface area (Å²) in [6, 6.07) is 22.1. The van der Waals surface area contributed by atoms with Gasteiger partial charge >= 0.3 is 24.4 Å². The van der Waals surface area contributed by atoms with Crippen molar-refractivity contribution in [2.45, 2.75) is 37.3 Å². The lowest BCUT2D eigenvalue weighted by molar-refractivity contribution is -0.138. The van der Waals surface area contributed by atoms with Gasteiger partial charge in [-0.05, 0) is 82.7 Å². The van der Waals surface area contributed by atoms with Gasteiger partial charge in [0.1, 0.15) is 11.5 Å². The van der Waals surface area contributed by atoms with Crippen LogP contribution in [0.15, 0.2) is 120 Å². The summed E-state index contributed by atoms with van der Waals surface area (Å²) >= 11 is 0. The molecule has 4 aliphatic heterocycles. The van der Waals surface area contributed by atoms with Crippen molar-refractivity contribution in [3.63, 3.8) is 0 Å². The molecular formula is C47H39BrF6N8O4S. The van der Waals surface area contributed by atoms with Crippen LogP contribution in [0.1, 0.15) is 58.3 Å². The molecule has 2 atom stereocenters. The van der Waals surface area contributed by atoms with Crippen LogP contribution in [-0.4, -0.2) is 77.6 Å². The molecule has 20 heteroatoms. The van der Waals surface area contributed by atoms with E-state index in [9.17, 15) is 56.0 Å². The normalized spacial score (nSPS) is 18.8. The lowest BCUT2D eigenvalue weighted by Crippen LogP contribution is -3.00. The molecule has 0 bridgehead atoms. The van der Waals surface area contributed by atoms with E-state index < -0.39 is 47.6 Å². The second-order valence-electron chi connectivity index (χ2n) is 16.1. The summed E-state index contributed by atoms with van der Waals surface area (Å²) in [5.74, 6) is 0.575. The number of nitriles is 2. The van der Waals surface area contributed by atoms with E-state index >= 15 is 0 Å². The predicted octanol–water partition coefficient (Wildman–Crippen LogP) is 4.93. The summed E-state index contributed by atoms with van der Waals surface area (Å²) < 4.78 is 82.5. The molecule has 0 aromatic heterocycles. The highest BCUT2D eigenvalue weighted by Gasteiger charge is 2.47. The molecule has 6 amide bonds. The third-order valence-electron chi connectivity index (χ3n) is 11.8. The fourth-order valence-electron chi connectivity index (χ4n) is 8.65. The van der Waals surface area contributed by atoms with Gasteiger partial charge in [0, 0.05) is 25.9 Å². The van der Waals surface area contributed by atoms with E-state index in [0.717, 1.165) is 34.1 Å². The number of hydrogen-bond acceptors (Lipinski definition) is 6. The number of nitrogens with one attached hydrogen (secondary N) is 2. The molecule has 67 heavy (non-hydrogen) atoms. The highest BCUT2D eigenvalue weighted by molar-refractivity contribution is 7.96. The Labute approximate surface area is 394 Å². The number of nitrogens with zero attached hydrogens (tertiary/aromatic N) is 6. The number of halogens is 7. The maximum Gasteiger partial charge on any atom is 0.416 e. The molecule has 4 aliphatic rings. The van der Waals surface area contributed by atoms with Gasteiger partial charge in [0.25, 0.3) is 11.8 Å². The van der Waals surface area contributed by atoms with E-state index in [4.69, 9.17) is 0 Å². The predicted molar refractivity (Wildman–Crippen MR) is 232 cm³/mol. The number of amides is 6. The minimum atomic E-state index is -4.68. The summed E-state index contributed by atoms with van der Waals surface area (Å²) in [4.78, 5) is 61.0. The Balaban J connectivity index is 0.00000666. The molecule has 2 N–H and O–H groups in total. The number of carbonyl (C=O) groups is 4. The zero-order valence-electron chi connectivity index (χ0n) is 35.4. The number of benzene rings is 4. The molecular weight excluding hydrogens is 967 g/mol. The van der Waals surface area contributed by atoms with E-state index in [1.807, 2.05) is 18.4 Å². The number of hydrogen-bond donors (Lipinski definition) is 2. The Bertz CT molecular complexity index is 2580. The van der Waals surface area contributed by atoms with Crippen molar-refractivity contribution < 1.29 is 62.5 Å². The van der Waals surface area contributed by atoms with Gasteiger partial charge in [-0.3, -0.25) is 19.4 Å². The molecule has 12 nitrogen and oxygen atoms in total. The number of urea groups is 2. The maximum absolute atomic E-state index is 14.2. The first-order valence-corrected chi connectivity index (χ1v) is 22.6. The Morgan fingerprint density at radius 3 is 1.33 bits per heavy atom. The van der Waals surface area contributed by atoms with Gasteiger partial charge in [-0.1, -0.05) is 36.4 Å². The van der Waals surface area contributed by atoms with Crippen LogP contribution in [0.3, 0.4) is 0 Å². The lowest BCUT2D eigenvalue weighted by atomic mass is 9.94. The molecule has 346 valence electrons. The fourth-order valence-corrected chi connectivity index (χ4v) is 10.1. The van der Waals surface area contributed by atoms with Crippen molar-refractivity contribution in [2.24, 2.45) is 0 Å². The van der Waals surface area contributed by atoms with Crippen molar-refractivity contribution in [2.75, 3.05) is 53.7 Å². The van der Waals surface area contributed by atoms with Gasteiger partial charge < -0.3 is 37.4 Å². The summed E-state index contributed by atoms with van der Waals surface area (Å²) in [5.41, 5.74) is 0.675. The lowest BCUT2D eigenvalue weighted by Gasteiger charge is -2.34. The highest BCUT2D eigenvalue weighted by atomic mass is 79.9. The first kappa shape index (κ1) is 48.2. The van der Waals surface area contributed by atoms with Crippen molar-refractivity contribution in [3.8, 4) is 12.1 Å². The number of carbonyl (C=O) groups excluding carboxylic acids is 4. The Morgan fingerprint density at radius 1 is 0.612 bits per heavy atom. The molecule has 0 radical (unpaired) electrons. The van der Waals surface area contributed by atoms with Crippen LogP contribution >= 0.6 is 0 Å². The van der Waals surface area contributed by atoms with Crippen LogP contribution in [0.5, 0.6) is 0 Å².